The minimum absolute atomic E-state index is 0.241. The lowest BCUT2D eigenvalue weighted by Gasteiger charge is -1.99. The molecule has 0 aromatic heterocycles. The van der Waals surface area contributed by atoms with Crippen molar-refractivity contribution in [3.05, 3.63) is 29.8 Å². The number of ether oxygens (including phenoxy) is 2. The molecule has 2 N–H and O–H groups in total. The number of rotatable bonds is 3. The minimum Gasteiger partial charge on any atom is -0.462 e. The Morgan fingerprint density at radius 1 is 0.885 bits per heavy atom. The molecule has 140 valence electrons. The molecule has 0 aliphatic carbocycles. The van der Waals surface area contributed by atoms with Gasteiger partial charge in [-0.3, -0.25) is 0 Å². The van der Waals surface area contributed by atoms with Gasteiger partial charge in [-0.05, 0) is 25.5 Å². The monoisotopic (exact) mass is 368 g/mol. The van der Waals surface area contributed by atoms with Crippen LogP contribution in [0.5, 0.6) is 5.75 Å². The van der Waals surface area contributed by atoms with Gasteiger partial charge in [-0.25, -0.2) is 19.2 Å². The second-order valence-corrected chi connectivity index (χ2v) is 4.26. The van der Waals surface area contributed by atoms with Crippen molar-refractivity contribution in [2.45, 2.75) is 20.3 Å². The topological polar surface area (TPSA) is 177 Å². The summed E-state index contributed by atoms with van der Waals surface area (Å²) in [6.45, 7) is 4.00. The van der Waals surface area contributed by atoms with E-state index in [1.54, 1.807) is 24.3 Å². The Kier molecular flexibility index (Phi) is 10.9. The number of carbonyl (C=O) groups is 4. The molecule has 4 amide bonds. The van der Waals surface area contributed by atoms with Crippen LogP contribution in [-0.4, -0.2) is 41.2 Å². The van der Waals surface area contributed by atoms with Crippen LogP contribution in [0.1, 0.15) is 18.9 Å². The lowest BCUT2D eigenvalue weighted by molar-refractivity contribution is 0.154. The van der Waals surface area contributed by atoms with E-state index in [2.05, 4.69) is 25.2 Å². The third-order valence-corrected chi connectivity index (χ3v) is 2.09. The van der Waals surface area contributed by atoms with Gasteiger partial charge in [0.25, 0.3) is 0 Å². The summed E-state index contributed by atoms with van der Waals surface area (Å²) in [7, 11) is 0. The molecule has 0 aliphatic heterocycles. The van der Waals surface area contributed by atoms with E-state index in [4.69, 9.17) is 14.9 Å². The number of carboxylic acid groups (broad SMARTS) is 2. The van der Waals surface area contributed by atoms with Crippen LogP contribution in [0.4, 0.5) is 19.2 Å². The number of amides is 4. The average Bonchev–Trinajstić information content (AvgIpc) is 2.59. The zero-order valence-electron chi connectivity index (χ0n) is 13.9. The molecule has 0 saturated heterocycles. The van der Waals surface area contributed by atoms with E-state index in [9.17, 15) is 19.2 Å². The van der Waals surface area contributed by atoms with Crippen molar-refractivity contribution in [1.82, 2.24) is 0 Å². The Hall–Kier alpha value is -3.70. The van der Waals surface area contributed by atoms with E-state index < -0.39 is 24.4 Å². The van der Waals surface area contributed by atoms with Gasteiger partial charge in [-0.1, -0.05) is 45.1 Å². The molecule has 0 heterocycles. The van der Waals surface area contributed by atoms with Gasteiger partial charge < -0.3 is 19.7 Å². The van der Waals surface area contributed by atoms with Crippen molar-refractivity contribution in [3.63, 3.8) is 0 Å². The van der Waals surface area contributed by atoms with Crippen molar-refractivity contribution in [1.29, 1.82) is 0 Å². The molecule has 0 unspecified atom stereocenters. The van der Waals surface area contributed by atoms with Gasteiger partial charge in [0.15, 0.2) is 0 Å². The van der Waals surface area contributed by atoms with Crippen LogP contribution < -0.4 is 4.74 Å². The SMILES string of the molecule is CCCOC(=O)N=NC(=O)Oc1ccc(C)cc1.O=C(O)N=NC(=O)O. The van der Waals surface area contributed by atoms with E-state index in [0.717, 1.165) is 5.56 Å². The molecule has 0 spiro atoms. The van der Waals surface area contributed by atoms with Crippen LogP contribution in [0, 0.1) is 6.92 Å². The summed E-state index contributed by atoms with van der Waals surface area (Å²) < 4.78 is 9.42. The first-order chi connectivity index (χ1) is 12.2. The van der Waals surface area contributed by atoms with Crippen LogP contribution in [0.3, 0.4) is 0 Å². The Bertz CT molecular complexity index is 669. The van der Waals surface area contributed by atoms with Gasteiger partial charge in [-0.2, -0.15) is 0 Å². The maximum Gasteiger partial charge on any atom is 0.458 e. The molecule has 0 bridgehead atoms. The molecule has 1 aromatic carbocycles. The molecule has 0 aliphatic rings. The van der Waals surface area contributed by atoms with Crippen LogP contribution in [0.15, 0.2) is 44.7 Å². The maximum absolute atomic E-state index is 11.2. The predicted molar refractivity (Wildman–Crippen MR) is 84.6 cm³/mol. The third kappa shape index (κ3) is 12.8. The highest BCUT2D eigenvalue weighted by Crippen LogP contribution is 2.12. The van der Waals surface area contributed by atoms with Crippen molar-refractivity contribution < 1.29 is 38.9 Å². The molecule has 12 heteroatoms. The zero-order valence-corrected chi connectivity index (χ0v) is 13.9. The minimum atomic E-state index is -1.62. The summed E-state index contributed by atoms with van der Waals surface area (Å²) in [6, 6.07) is 6.82. The van der Waals surface area contributed by atoms with Crippen molar-refractivity contribution >= 4 is 24.4 Å². The van der Waals surface area contributed by atoms with Gasteiger partial charge in [0, 0.05) is 0 Å². The van der Waals surface area contributed by atoms with Gasteiger partial charge in [0.05, 0.1) is 6.61 Å². The Morgan fingerprint density at radius 3 is 1.85 bits per heavy atom. The second kappa shape index (κ2) is 12.7. The van der Waals surface area contributed by atoms with E-state index in [1.165, 1.54) is 0 Å². The van der Waals surface area contributed by atoms with Gasteiger partial charge >= 0.3 is 24.4 Å². The molecule has 0 saturated carbocycles. The molecular formula is C14H16N4O8. The van der Waals surface area contributed by atoms with Crippen molar-refractivity contribution in [2.75, 3.05) is 6.61 Å². The molecule has 0 atom stereocenters. The molecule has 0 fully saturated rings. The van der Waals surface area contributed by atoms with Crippen LogP contribution in [-0.2, 0) is 4.74 Å². The normalized spacial score (nSPS) is 10.1. The van der Waals surface area contributed by atoms with Crippen molar-refractivity contribution in [2.24, 2.45) is 20.5 Å². The Balaban J connectivity index is 0.000000660. The fourth-order valence-electron chi connectivity index (χ4n) is 1.11. The van der Waals surface area contributed by atoms with Crippen LogP contribution in [0.2, 0.25) is 0 Å². The average molecular weight is 368 g/mol. The number of carbonyl (C=O) groups excluding carboxylic acids is 2. The number of nitrogens with zero attached hydrogens (tertiary/aromatic N) is 4. The lowest BCUT2D eigenvalue weighted by Crippen LogP contribution is -2.04. The zero-order chi connectivity index (χ0) is 19.9. The second-order valence-electron chi connectivity index (χ2n) is 4.26. The number of hydrogen-bond donors (Lipinski definition) is 2. The van der Waals surface area contributed by atoms with E-state index in [1.807, 2.05) is 13.8 Å². The highest BCUT2D eigenvalue weighted by atomic mass is 16.6. The molecule has 1 rings (SSSR count). The van der Waals surface area contributed by atoms with Gasteiger partial charge in [-0.15, -0.1) is 0 Å². The largest absolute Gasteiger partial charge is 0.462 e. The van der Waals surface area contributed by atoms with E-state index in [-0.39, 0.29) is 6.61 Å². The summed E-state index contributed by atoms with van der Waals surface area (Å²) >= 11 is 0. The molecule has 0 radical (unpaired) electrons. The summed E-state index contributed by atoms with van der Waals surface area (Å²) in [4.78, 5) is 40.9. The molecule has 1 aromatic rings. The van der Waals surface area contributed by atoms with E-state index >= 15 is 0 Å². The highest BCUT2D eigenvalue weighted by molar-refractivity contribution is 5.74. The number of aryl methyl sites for hydroxylation is 1. The van der Waals surface area contributed by atoms with E-state index in [0.29, 0.717) is 12.2 Å². The van der Waals surface area contributed by atoms with Crippen LogP contribution >= 0.6 is 0 Å². The maximum atomic E-state index is 11.2. The number of hydrogen-bond acceptors (Lipinski definition) is 6. The summed E-state index contributed by atoms with van der Waals surface area (Å²) in [5, 5.41) is 26.0. The van der Waals surface area contributed by atoms with Crippen LogP contribution in [0.25, 0.3) is 0 Å². The fourth-order valence-corrected chi connectivity index (χ4v) is 1.11. The van der Waals surface area contributed by atoms with Gasteiger partial charge in [0.1, 0.15) is 5.75 Å². The Morgan fingerprint density at radius 2 is 1.38 bits per heavy atom. The first-order valence-corrected chi connectivity index (χ1v) is 6.99. The van der Waals surface area contributed by atoms with Gasteiger partial charge in [0.2, 0.25) is 0 Å². The molecule has 26 heavy (non-hydrogen) atoms. The number of benzene rings is 1. The first-order valence-electron chi connectivity index (χ1n) is 6.99. The summed E-state index contributed by atoms with van der Waals surface area (Å²) in [5.41, 5.74) is 1.04. The predicted octanol–water partition coefficient (Wildman–Crippen LogP) is 4.29. The highest BCUT2D eigenvalue weighted by Gasteiger charge is 2.05. The molecular weight excluding hydrogens is 352 g/mol. The molecule has 12 nitrogen and oxygen atoms in total. The quantitative estimate of drug-likeness (QED) is 0.742. The number of azo groups is 2. The van der Waals surface area contributed by atoms with Crippen molar-refractivity contribution in [3.8, 4) is 5.75 Å². The summed E-state index contributed by atoms with van der Waals surface area (Å²) in [6.07, 6.45) is -4.43. The standard InChI is InChI=1S/C12H14N2O4.C2H2N2O4/c1-3-8-17-11(15)13-14-12(16)18-10-6-4-9(2)5-7-10;5-1(6)3-4-2(7)8/h4-7H,3,8H2,1-2H3;(H,5,6)(H,7,8). The fraction of sp³-hybridized carbons (Fsp3) is 0.286. The third-order valence-electron chi connectivity index (χ3n) is 2.09. The Labute approximate surface area is 147 Å². The lowest BCUT2D eigenvalue weighted by atomic mass is 10.2. The summed E-state index contributed by atoms with van der Waals surface area (Å²) in [5.74, 6) is 0.339. The smallest absolute Gasteiger partial charge is 0.458 e. The first kappa shape index (κ1) is 22.3.